The first-order valence-electron chi connectivity index (χ1n) is 10.0. The number of fused-ring (bicyclic) bond motifs is 2. The summed E-state index contributed by atoms with van der Waals surface area (Å²) in [6, 6.07) is 10.0. The van der Waals surface area contributed by atoms with E-state index < -0.39 is 17.8 Å². The Balaban J connectivity index is 1.74. The Kier molecular flexibility index (Phi) is 5.17. The summed E-state index contributed by atoms with van der Waals surface area (Å²) in [6.45, 7) is 4.15. The maximum Gasteiger partial charge on any atom is 0.297 e. The molecule has 1 aliphatic rings. The van der Waals surface area contributed by atoms with E-state index in [9.17, 15) is 14.0 Å². The second kappa shape index (κ2) is 7.90. The maximum absolute atomic E-state index is 13.6. The van der Waals surface area contributed by atoms with Crippen molar-refractivity contribution in [1.29, 1.82) is 0 Å². The molecule has 5 rings (SSSR count). The summed E-state index contributed by atoms with van der Waals surface area (Å²) in [5.74, 6) is -0.528. The van der Waals surface area contributed by atoms with Crippen LogP contribution in [0.2, 0.25) is 0 Å². The lowest BCUT2D eigenvalue weighted by Crippen LogP contribution is -2.29. The van der Waals surface area contributed by atoms with Crippen LogP contribution < -0.4 is 10.3 Å². The van der Waals surface area contributed by atoms with Crippen molar-refractivity contribution >= 4 is 49.3 Å². The Hall–Kier alpha value is -2.91. The molecule has 4 aromatic rings. The van der Waals surface area contributed by atoms with E-state index in [0.717, 1.165) is 15.9 Å². The molecule has 9 heteroatoms. The second-order valence-corrected chi connectivity index (χ2v) is 9.98. The van der Waals surface area contributed by atoms with E-state index in [0.29, 0.717) is 27.6 Å². The van der Waals surface area contributed by atoms with Crippen LogP contribution in [-0.2, 0) is 6.42 Å². The number of nitrogens with zero attached hydrogens (tertiary/aromatic N) is 3. The highest BCUT2D eigenvalue weighted by atomic mass is 79.9. The van der Waals surface area contributed by atoms with Gasteiger partial charge in [-0.15, -0.1) is 10.2 Å². The van der Waals surface area contributed by atoms with Gasteiger partial charge in [0.1, 0.15) is 16.4 Å². The van der Waals surface area contributed by atoms with Crippen molar-refractivity contribution in [2.75, 3.05) is 4.90 Å². The Bertz CT molecular complexity index is 1410. The lowest BCUT2D eigenvalue weighted by Gasteiger charge is -2.22. The van der Waals surface area contributed by atoms with Crippen LogP contribution in [0.1, 0.15) is 46.6 Å². The van der Waals surface area contributed by atoms with Gasteiger partial charge in [-0.3, -0.25) is 14.5 Å². The number of carbonyl (C=O) groups is 1. The van der Waals surface area contributed by atoms with Gasteiger partial charge in [-0.05, 0) is 41.8 Å². The maximum atomic E-state index is 13.6. The summed E-state index contributed by atoms with van der Waals surface area (Å²) in [7, 11) is 0. The lowest BCUT2D eigenvalue weighted by molar-refractivity contribution is 0.0970. The molecule has 1 aliphatic heterocycles. The Labute approximate surface area is 194 Å². The molecule has 0 saturated heterocycles. The molecule has 32 heavy (non-hydrogen) atoms. The average molecular weight is 514 g/mol. The minimum absolute atomic E-state index is 0.0280. The Morgan fingerprint density at radius 2 is 1.91 bits per heavy atom. The fraction of sp³-hybridized carbons (Fsp3) is 0.217. The lowest BCUT2D eigenvalue weighted by atomic mass is 9.99. The van der Waals surface area contributed by atoms with E-state index in [1.807, 2.05) is 0 Å². The third-order valence-electron chi connectivity index (χ3n) is 5.26. The Morgan fingerprint density at radius 3 is 2.62 bits per heavy atom. The second-order valence-electron chi connectivity index (χ2n) is 8.02. The Morgan fingerprint density at radius 1 is 1.16 bits per heavy atom. The van der Waals surface area contributed by atoms with Gasteiger partial charge in [0.25, 0.3) is 5.91 Å². The fourth-order valence-corrected chi connectivity index (χ4v) is 5.32. The molecule has 1 atom stereocenters. The summed E-state index contributed by atoms with van der Waals surface area (Å²) < 4.78 is 20.3. The van der Waals surface area contributed by atoms with Gasteiger partial charge in [0, 0.05) is 10.9 Å². The van der Waals surface area contributed by atoms with E-state index in [2.05, 4.69) is 40.0 Å². The molecule has 0 aliphatic carbocycles. The van der Waals surface area contributed by atoms with Gasteiger partial charge in [-0.1, -0.05) is 53.2 Å². The number of anilines is 1. The molecular weight excluding hydrogens is 497 g/mol. The molecule has 0 spiro atoms. The number of aromatic nitrogens is 2. The summed E-state index contributed by atoms with van der Waals surface area (Å²) >= 11 is 4.69. The van der Waals surface area contributed by atoms with Crippen molar-refractivity contribution in [2.24, 2.45) is 5.92 Å². The van der Waals surface area contributed by atoms with Crippen LogP contribution in [0.25, 0.3) is 11.0 Å². The number of rotatable bonds is 4. The average Bonchev–Trinajstić information content (AvgIpc) is 3.31. The summed E-state index contributed by atoms with van der Waals surface area (Å²) in [4.78, 5) is 28.4. The molecule has 6 nitrogen and oxygen atoms in total. The molecular formula is C23H17BrFN3O3S. The first-order chi connectivity index (χ1) is 15.3. The van der Waals surface area contributed by atoms with Crippen LogP contribution in [-0.4, -0.2) is 16.1 Å². The molecule has 0 saturated carbocycles. The topological polar surface area (TPSA) is 76.3 Å². The molecule has 3 heterocycles. The van der Waals surface area contributed by atoms with Crippen LogP contribution in [0.5, 0.6) is 0 Å². The number of hydrogen-bond donors (Lipinski definition) is 0. The zero-order valence-electron chi connectivity index (χ0n) is 17.1. The van der Waals surface area contributed by atoms with Crippen LogP contribution >= 0.6 is 27.3 Å². The van der Waals surface area contributed by atoms with Gasteiger partial charge in [0.15, 0.2) is 5.43 Å². The number of carbonyl (C=O) groups excluding carboxylic acids is 1. The standard InChI is InChI=1S/C23H17BrFN3O3S/c1-11(2)9-17-26-27-23(32-17)28-19(12-3-6-14(25)7-4-12)18-20(29)15-10-13(24)5-8-16(15)31-21(18)22(28)30/h3-8,10-11,19H,9H2,1-2H3. The van der Waals surface area contributed by atoms with Gasteiger partial charge in [0.2, 0.25) is 10.9 Å². The minimum atomic E-state index is -0.794. The zero-order chi connectivity index (χ0) is 22.6. The van der Waals surface area contributed by atoms with Crippen LogP contribution in [0.4, 0.5) is 9.52 Å². The number of amides is 1. The molecule has 0 N–H and O–H groups in total. The minimum Gasteiger partial charge on any atom is -0.450 e. The molecule has 2 aromatic carbocycles. The van der Waals surface area contributed by atoms with Crippen LogP contribution in [0.3, 0.4) is 0 Å². The quantitative estimate of drug-likeness (QED) is 0.360. The molecule has 1 unspecified atom stereocenters. The van der Waals surface area contributed by atoms with Crippen molar-refractivity contribution in [3.63, 3.8) is 0 Å². The van der Waals surface area contributed by atoms with E-state index in [1.54, 1.807) is 30.3 Å². The highest BCUT2D eigenvalue weighted by molar-refractivity contribution is 9.10. The third-order valence-corrected chi connectivity index (χ3v) is 6.70. The van der Waals surface area contributed by atoms with E-state index in [4.69, 9.17) is 4.42 Å². The largest absolute Gasteiger partial charge is 0.450 e. The monoisotopic (exact) mass is 513 g/mol. The molecule has 2 aromatic heterocycles. The summed E-state index contributed by atoms with van der Waals surface area (Å²) in [5, 5.41) is 10.00. The number of benzene rings is 2. The fourth-order valence-electron chi connectivity index (χ4n) is 3.88. The predicted octanol–water partition coefficient (Wildman–Crippen LogP) is 5.49. The number of hydrogen-bond acceptors (Lipinski definition) is 6. The van der Waals surface area contributed by atoms with Crippen molar-refractivity contribution < 1.29 is 13.6 Å². The highest BCUT2D eigenvalue weighted by Crippen LogP contribution is 2.42. The molecule has 1 amide bonds. The summed E-state index contributed by atoms with van der Waals surface area (Å²) in [5.41, 5.74) is 0.816. The smallest absolute Gasteiger partial charge is 0.297 e. The predicted molar refractivity (Wildman–Crippen MR) is 124 cm³/mol. The molecule has 0 bridgehead atoms. The van der Waals surface area contributed by atoms with Crippen LogP contribution in [0.15, 0.2) is 56.1 Å². The van der Waals surface area contributed by atoms with Crippen molar-refractivity contribution in [3.8, 4) is 0 Å². The van der Waals surface area contributed by atoms with E-state index in [-0.39, 0.29) is 16.8 Å². The van der Waals surface area contributed by atoms with E-state index >= 15 is 0 Å². The molecule has 162 valence electrons. The first kappa shape index (κ1) is 21.0. The van der Waals surface area contributed by atoms with Crippen molar-refractivity contribution in [3.05, 3.63) is 84.9 Å². The first-order valence-corrected chi connectivity index (χ1v) is 11.6. The zero-order valence-corrected chi connectivity index (χ0v) is 19.5. The SMILES string of the molecule is CC(C)Cc1nnc(N2C(=O)c3oc4ccc(Br)cc4c(=O)c3C2c2ccc(F)cc2)s1. The van der Waals surface area contributed by atoms with Gasteiger partial charge < -0.3 is 4.42 Å². The highest BCUT2D eigenvalue weighted by Gasteiger charge is 2.45. The normalized spacial score (nSPS) is 15.7. The van der Waals surface area contributed by atoms with Gasteiger partial charge >= 0.3 is 0 Å². The van der Waals surface area contributed by atoms with E-state index in [1.165, 1.54) is 28.4 Å². The molecule has 0 radical (unpaired) electrons. The van der Waals surface area contributed by atoms with Crippen molar-refractivity contribution in [2.45, 2.75) is 26.3 Å². The van der Waals surface area contributed by atoms with Crippen LogP contribution in [0, 0.1) is 11.7 Å². The number of halogens is 2. The molecule has 0 fully saturated rings. The van der Waals surface area contributed by atoms with Gasteiger partial charge in [-0.2, -0.15) is 0 Å². The third kappa shape index (κ3) is 3.45. The summed E-state index contributed by atoms with van der Waals surface area (Å²) in [6.07, 6.45) is 0.725. The van der Waals surface area contributed by atoms with Gasteiger partial charge in [-0.25, -0.2) is 4.39 Å². The van der Waals surface area contributed by atoms with Crippen molar-refractivity contribution in [1.82, 2.24) is 10.2 Å². The van der Waals surface area contributed by atoms with Gasteiger partial charge in [0.05, 0.1) is 17.0 Å².